The number of aryl methyl sites for hydroxylation is 1. The summed E-state index contributed by atoms with van der Waals surface area (Å²) in [7, 11) is -3.68. The normalized spacial score (nSPS) is 17.3. The minimum Gasteiger partial charge on any atom is -0.426 e. The van der Waals surface area contributed by atoms with E-state index in [4.69, 9.17) is 14.7 Å². The third-order valence-corrected chi connectivity index (χ3v) is 3.66. The fraction of sp³-hybridized carbons (Fsp3) is 0.462. The summed E-state index contributed by atoms with van der Waals surface area (Å²) in [6.45, 7) is 5.34. The highest BCUT2D eigenvalue weighted by Crippen LogP contribution is 2.47. The predicted molar refractivity (Wildman–Crippen MR) is 74.3 cm³/mol. The number of rotatable bonds is 2. The van der Waals surface area contributed by atoms with E-state index in [1.165, 1.54) is 0 Å². The van der Waals surface area contributed by atoms with Crippen molar-refractivity contribution in [3.8, 4) is 11.5 Å². The Morgan fingerprint density at radius 2 is 2.00 bits per heavy atom. The summed E-state index contributed by atoms with van der Waals surface area (Å²) < 4.78 is 32.8. The Balaban J connectivity index is 2.69. The number of hydrogen-bond acceptors (Lipinski definition) is 6. The van der Waals surface area contributed by atoms with Crippen LogP contribution in [-0.2, 0) is 20.3 Å². The van der Waals surface area contributed by atoms with Gasteiger partial charge in [0, 0.05) is 11.0 Å². The molecular weight excluding hydrogens is 282 g/mol. The molecule has 1 aromatic rings. The second-order valence-electron chi connectivity index (χ2n) is 5.63. The van der Waals surface area contributed by atoms with Gasteiger partial charge in [-0.3, -0.25) is 4.79 Å². The Hall–Kier alpha value is -1.76. The van der Waals surface area contributed by atoms with Gasteiger partial charge in [0.25, 0.3) is 0 Å². The minimum atomic E-state index is -3.68. The van der Waals surface area contributed by atoms with Crippen molar-refractivity contribution in [2.24, 2.45) is 0 Å². The van der Waals surface area contributed by atoms with Gasteiger partial charge in [-0.1, -0.05) is 13.8 Å². The molecule has 0 unspecified atom stereocenters. The van der Waals surface area contributed by atoms with Gasteiger partial charge in [-0.25, -0.2) is 0 Å². The van der Waals surface area contributed by atoms with Crippen LogP contribution in [0.5, 0.6) is 11.5 Å². The summed E-state index contributed by atoms with van der Waals surface area (Å²) in [5.74, 6) is 0.123. The highest BCUT2D eigenvalue weighted by atomic mass is 32.2. The number of nitrogen functional groups attached to an aromatic ring is 1. The van der Waals surface area contributed by atoms with Crippen LogP contribution in [0, 0.1) is 6.92 Å². The van der Waals surface area contributed by atoms with Gasteiger partial charge in [0.05, 0.1) is 18.4 Å². The number of ether oxygens (including phenoxy) is 1. The van der Waals surface area contributed by atoms with Gasteiger partial charge in [-0.15, -0.1) is 0 Å². The molecule has 0 amide bonds. The first kappa shape index (κ1) is 14.6. The van der Waals surface area contributed by atoms with Gasteiger partial charge >= 0.3 is 16.1 Å². The van der Waals surface area contributed by atoms with E-state index in [0.717, 1.165) is 6.26 Å². The fourth-order valence-electron chi connectivity index (χ4n) is 2.44. The SMILES string of the molecule is Cc1cc2c(c(N)c1OS(C)(=O)=O)C(C)(C)CC(=O)O2. The van der Waals surface area contributed by atoms with Crippen LogP contribution >= 0.6 is 0 Å². The number of esters is 1. The van der Waals surface area contributed by atoms with Crippen LogP contribution in [-0.4, -0.2) is 20.6 Å². The molecule has 0 spiro atoms. The van der Waals surface area contributed by atoms with Crippen LogP contribution in [0.4, 0.5) is 5.69 Å². The molecule has 0 fully saturated rings. The zero-order valence-electron chi connectivity index (χ0n) is 11.8. The second kappa shape index (κ2) is 4.37. The van der Waals surface area contributed by atoms with Crippen molar-refractivity contribution in [1.29, 1.82) is 0 Å². The smallest absolute Gasteiger partial charge is 0.312 e. The van der Waals surface area contributed by atoms with Crippen LogP contribution in [0.15, 0.2) is 6.07 Å². The Bertz CT molecular complexity index is 691. The molecule has 0 saturated carbocycles. The largest absolute Gasteiger partial charge is 0.426 e. The molecule has 0 atom stereocenters. The van der Waals surface area contributed by atoms with Crippen molar-refractivity contribution in [1.82, 2.24) is 0 Å². The van der Waals surface area contributed by atoms with Gasteiger partial charge in [0.1, 0.15) is 5.75 Å². The van der Waals surface area contributed by atoms with E-state index in [0.29, 0.717) is 16.9 Å². The molecule has 0 radical (unpaired) electrons. The molecule has 110 valence electrons. The second-order valence-corrected chi connectivity index (χ2v) is 7.21. The molecule has 0 aliphatic carbocycles. The third-order valence-electron chi connectivity index (χ3n) is 3.19. The van der Waals surface area contributed by atoms with Crippen molar-refractivity contribution >= 4 is 21.8 Å². The summed E-state index contributed by atoms with van der Waals surface area (Å²) in [5, 5.41) is 0. The van der Waals surface area contributed by atoms with E-state index in [9.17, 15) is 13.2 Å². The highest BCUT2D eigenvalue weighted by Gasteiger charge is 2.37. The molecule has 0 aromatic heterocycles. The number of hydrogen-bond donors (Lipinski definition) is 1. The molecule has 1 aliphatic heterocycles. The predicted octanol–water partition coefficient (Wildman–Crippen LogP) is 1.50. The molecule has 1 aromatic carbocycles. The first-order valence-corrected chi connectivity index (χ1v) is 7.86. The molecule has 0 bridgehead atoms. The summed E-state index contributed by atoms with van der Waals surface area (Å²) in [4.78, 5) is 11.6. The number of anilines is 1. The maximum absolute atomic E-state index is 11.6. The highest BCUT2D eigenvalue weighted by molar-refractivity contribution is 7.86. The zero-order valence-corrected chi connectivity index (χ0v) is 12.6. The quantitative estimate of drug-likeness (QED) is 0.385. The first-order chi connectivity index (χ1) is 9.01. The number of carbonyl (C=O) groups is 1. The van der Waals surface area contributed by atoms with Gasteiger partial charge < -0.3 is 14.7 Å². The molecule has 2 rings (SSSR count). The number of nitrogens with two attached hydrogens (primary N) is 1. The molecule has 1 aliphatic rings. The topological polar surface area (TPSA) is 95.7 Å². The van der Waals surface area contributed by atoms with Crippen LogP contribution in [0.2, 0.25) is 0 Å². The summed E-state index contributed by atoms with van der Waals surface area (Å²) >= 11 is 0. The van der Waals surface area contributed by atoms with Crippen LogP contribution in [0.25, 0.3) is 0 Å². The van der Waals surface area contributed by atoms with E-state index in [-0.39, 0.29) is 23.8 Å². The molecule has 0 saturated heterocycles. The Morgan fingerprint density at radius 3 is 2.55 bits per heavy atom. The Morgan fingerprint density at radius 1 is 1.40 bits per heavy atom. The lowest BCUT2D eigenvalue weighted by Crippen LogP contribution is -2.32. The lowest BCUT2D eigenvalue weighted by Gasteiger charge is -2.33. The van der Waals surface area contributed by atoms with Crippen molar-refractivity contribution in [2.45, 2.75) is 32.6 Å². The van der Waals surface area contributed by atoms with E-state index < -0.39 is 15.5 Å². The van der Waals surface area contributed by atoms with Gasteiger partial charge in [0.15, 0.2) is 5.75 Å². The molecule has 7 heteroatoms. The van der Waals surface area contributed by atoms with Gasteiger partial charge in [-0.2, -0.15) is 8.42 Å². The fourth-order valence-corrected chi connectivity index (χ4v) is 2.97. The maximum atomic E-state index is 11.6. The Kier molecular flexibility index (Phi) is 3.20. The monoisotopic (exact) mass is 299 g/mol. The third kappa shape index (κ3) is 2.58. The summed E-state index contributed by atoms with van der Waals surface area (Å²) in [6.07, 6.45) is 1.13. The van der Waals surface area contributed by atoms with Crippen molar-refractivity contribution in [3.05, 3.63) is 17.2 Å². The average Bonchev–Trinajstić information content (AvgIpc) is 2.19. The lowest BCUT2D eigenvalue weighted by atomic mass is 9.78. The van der Waals surface area contributed by atoms with E-state index >= 15 is 0 Å². The van der Waals surface area contributed by atoms with E-state index in [2.05, 4.69) is 0 Å². The molecular formula is C13H17NO5S. The van der Waals surface area contributed by atoms with Gasteiger partial charge in [0.2, 0.25) is 0 Å². The van der Waals surface area contributed by atoms with Crippen molar-refractivity contribution < 1.29 is 22.1 Å². The van der Waals surface area contributed by atoms with Crippen LogP contribution in [0.1, 0.15) is 31.4 Å². The van der Waals surface area contributed by atoms with Crippen LogP contribution < -0.4 is 14.7 Å². The number of carbonyl (C=O) groups excluding carboxylic acids is 1. The average molecular weight is 299 g/mol. The molecule has 2 N–H and O–H groups in total. The maximum Gasteiger partial charge on any atom is 0.312 e. The van der Waals surface area contributed by atoms with E-state index in [1.54, 1.807) is 13.0 Å². The van der Waals surface area contributed by atoms with Gasteiger partial charge in [-0.05, 0) is 18.6 Å². The van der Waals surface area contributed by atoms with Crippen molar-refractivity contribution in [3.63, 3.8) is 0 Å². The first-order valence-electron chi connectivity index (χ1n) is 6.05. The van der Waals surface area contributed by atoms with Crippen LogP contribution in [0.3, 0.4) is 0 Å². The molecule has 6 nitrogen and oxygen atoms in total. The summed E-state index contributed by atoms with van der Waals surface area (Å²) in [5.41, 5.74) is 6.80. The Labute approximate surface area is 118 Å². The van der Waals surface area contributed by atoms with E-state index in [1.807, 2.05) is 13.8 Å². The standard InChI is InChI=1S/C13H17NO5S/c1-7-5-8-10(13(2,3)6-9(15)18-8)11(14)12(7)19-20(4,16)17/h5H,6,14H2,1-4H3. The summed E-state index contributed by atoms with van der Waals surface area (Å²) in [6, 6.07) is 1.57. The molecule has 20 heavy (non-hydrogen) atoms. The number of benzene rings is 1. The molecule has 1 heterocycles. The zero-order chi connectivity index (χ0) is 15.3. The minimum absolute atomic E-state index is 0.0947. The van der Waals surface area contributed by atoms with Crippen molar-refractivity contribution in [2.75, 3.05) is 12.0 Å². The number of fused-ring (bicyclic) bond motifs is 1. The lowest BCUT2D eigenvalue weighted by molar-refractivity contribution is -0.136.